The van der Waals surface area contributed by atoms with Crippen molar-refractivity contribution in [2.45, 2.75) is 39.2 Å². The second-order valence-electron chi connectivity index (χ2n) is 6.39. The van der Waals surface area contributed by atoms with Crippen molar-refractivity contribution < 1.29 is 4.79 Å². The predicted octanol–water partition coefficient (Wildman–Crippen LogP) is 2.50. The molecule has 1 saturated heterocycles. The Morgan fingerprint density at radius 2 is 2.08 bits per heavy atom. The van der Waals surface area contributed by atoms with Crippen molar-refractivity contribution in [3.8, 4) is 0 Å². The molecule has 4 N–H and O–H groups in total. The minimum Gasteiger partial charge on any atom is -0.393 e. The lowest BCUT2D eigenvalue weighted by molar-refractivity contribution is 0.0962. The van der Waals surface area contributed by atoms with E-state index in [0.29, 0.717) is 23.1 Å². The minimum absolute atomic E-state index is 0.232. The second kappa shape index (κ2) is 7.38. The first kappa shape index (κ1) is 17.0. The molecule has 1 aromatic carbocycles. The number of carbonyl (C=O) groups is 1. The summed E-state index contributed by atoms with van der Waals surface area (Å²) in [7, 11) is 0. The summed E-state index contributed by atoms with van der Waals surface area (Å²) < 4.78 is 0. The van der Waals surface area contributed by atoms with E-state index in [2.05, 4.69) is 32.6 Å². The highest BCUT2D eigenvalue weighted by atomic mass is 16.2. The summed E-state index contributed by atoms with van der Waals surface area (Å²) in [4.78, 5) is 23.0. The fraction of sp³-hybridized carbons (Fsp3) is 0.389. The number of piperidine rings is 1. The van der Waals surface area contributed by atoms with Gasteiger partial charge in [0.15, 0.2) is 11.6 Å². The van der Waals surface area contributed by atoms with Crippen molar-refractivity contribution in [2.24, 2.45) is 0 Å². The number of aryl methyl sites for hydroxylation is 1. The van der Waals surface area contributed by atoms with Gasteiger partial charge in [0.2, 0.25) is 0 Å². The van der Waals surface area contributed by atoms with E-state index in [0.717, 1.165) is 30.8 Å². The van der Waals surface area contributed by atoms with E-state index in [1.807, 2.05) is 25.1 Å². The molecule has 132 valence electrons. The Bertz CT molecular complexity index is 763. The molecule has 1 atom stereocenters. The van der Waals surface area contributed by atoms with Crippen molar-refractivity contribution in [1.29, 1.82) is 0 Å². The van der Waals surface area contributed by atoms with E-state index >= 15 is 0 Å². The summed E-state index contributed by atoms with van der Waals surface area (Å²) in [6, 6.07) is 7.78. The molecule has 7 heteroatoms. The highest BCUT2D eigenvalue weighted by molar-refractivity contribution is 5.96. The van der Waals surface area contributed by atoms with Gasteiger partial charge < -0.3 is 10.6 Å². The quantitative estimate of drug-likeness (QED) is 0.740. The van der Waals surface area contributed by atoms with Crippen LogP contribution in [0.2, 0.25) is 0 Å². The summed E-state index contributed by atoms with van der Waals surface area (Å²) in [6.07, 6.45) is 4.94. The van der Waals surface area contributed by atoms with E-state index in [1.54, 1.807) is 6.07 Å². The highest BCUT2D eigenvalue weighted by Crippen LogP contribution is 2.30. The molecule has 0 spiro atoms. The van der Waals surface area contributed by atoms with Gasteiger partial charge in [0.25, 0.3) is 5.91 Å². The zero-order valence-corrected chi connectivity index (χ0v) is 14.6. The number of hydrazine groups is 1. The lowest BCUT2D eigenvalue weighted by atomic mass is 10.0. The normalized spacial score (nSPS) is 17.2. The van der Waals surface area contributed by atoms with Gasteiger partial charge in [-0.25, -0.2) is 9.97 Å². The predicted molar refractivity (Wildman–Crippen MR) is 99.4 cm³/mol. The largest absolute Gasteiger partial charge is 0.393 e. The van der Waals surface area contributed by atoms with Gasteiger partial charge in [-0.05, 0) is 44.7 Å². The maximum Gasteiger partial charge on any atom is 0.269 e. The number of anilines is 3. The Morgan fingerprint density at radius 1 is 1.28 bits per heavy atom. The molecule has 0 bridgehead atoms. The monoisotopic (exact) mass is 340 g/mol. The van der Waals surface area contributed by atoms with Gasteiger partial charge in [0, 0.05) is 18.2 Å². The van der Waals surface area contributed by atoms with Crippen molar-refractivity contribution in [3.63, 3.8) is 0 Å². The molecule has 7 nitrogen and oxygen atoms in total. The second-order valence-corrected chi connectivity index (χ2v) is 6.39. The third-order valence-corrected chi connectivity index (χ3v) is 4.62. The minimum atomic E-state index is -0.232. The number of carbonyl (C=O) groups excluding carboxylic acids is 1. The smallest absolute Gasteiger partial charge is 0.269 e. The van der Waals surface area contributed by atoms with Crippen LogP contribution in [0.1, 0.15) is 42.1 Å². The topological polar surface area (TPSA) is 96.2 Å². The number of benzene rings is 1. The number of amides is 1. The molecule has 1 fully saturated rings. The zero-order chi connectivity index (χ0) is 17.8. The van der Waals surface area contributed by atoms with Crippen molar-refractivity contribution in [1.82, 2.24) is 15.4 Å². The molecule has 1 amide bonds. The molecule has 1 aliphatic rings. The van der Waals surface area contributed by atoms with Crippen LogP contribution in [0, 0.1) is 6.92 Å². The summed E-state index contributed by atoms with van der Waals surface area (Å²) in [5, 5.41) is 0. The molecule has 0 aliphatic carbocycles. The van der Waals surface area contributed by atoms with E-state index in [4.69, 9.17) is 5.73 Å². The van der Waals surface area contributed by atoms with Gasteiger partial charge in [-0.15, -0.1) is 0 Å². The van der Waals surface area contributed by atoms with Crippen molar-refractivity contribution in [3.05, 3.63) is 41.7 Å². The number of nitrogens with zero attached hydrogens (tertiary/aromatic N) is 3. The van der Waals surface area contributed by atoms with Gasteiger partial charge in [0.05, 0.1) is 0 Å². The Hall–Kier alpha value is -2.83. The third kappa shape index (κ3) is 3.65. The van der Waals surface area contributed by atoms with Crippen LogP contribution in [-0.4, -0.2) is 28.5 Å². The van der Waals surface area contributed by atoms with Crippen LogP contribution >= 0.6 is 0 Å². The maximum absolute atomic E-state index is 12.3. The first-order chi connectivity index (χ1) is 12.1. The lowest BCUT2D eigenvalue weighted by Gasteiger charge is -2.35. The Labute approximate surface area is 147 Å². The molecule has 1 unspecified atom stereocenters. The van der Waals surface area contributed by atoms with E-state index < -0.39 is 0 Å². The Balaban J connectivity index is 1.74. The molecule has 2 aromatic rings. The highest BCUT2D eigenvalue weighted by Gasteiger charge is 2.23. The number of nitrogens with one attached hydrogen (secondary N) is 2. The van der Waals surface area contributed by atoms with Crippen LogP contribution < -0.4 is 21.5 Å². The number of rotatable bonds is 4. The summed E-state index contributed by atoms with van der Waals surface area (Å²) >= 11 is 0. The molecule has 0 saturated carbocycles. The fourth-order valence-corrected chi connectivity index (χ4v) is 3.14. The summed E-state index contributed by atoms with van der Waals surface area (Å²) in [5.41, 5.74) is 13.7. The number of aromatic nitrogens is 2. The Kier molecular flexibility index (Phi) is 5.02. The van der Waals surface area contributed by atoms with E-state index in [1.165, 1.54) is 12.7 Å². The Morgan fingerprint density at radius 3 is 2.84 bits per heavy atom. The fourth-order valence-electron chi connectivity index (χ4n) is 3.14. The molecule has 1 aliphatic heterocycles. The lowest BCUT2D eigenvalue weighted by Crippen LogP contribution is -2.39. The average Bonchev–Trinajstić information content (AvgIpc) is 2.62. The van der Waals surface area contributed by atoms with Crippen LogP contribution in [0.4, 0.5) is 17.3 Å². The number of hydrogen-bond acceptors (Lipinski definition) is 6. The maximum atomic E-state index is 12.3. The SMILES string of the molecule is Cc1ccccc1C(=O)NNc1ncnc(N2CCCCC2C)c1N. The first-order valence-electron chi connectivity index (χ1n) is 8.57. The molecule has 25 heavy (non-hydrogen) atoms. The molecular weight excluding hydrogens is 316 g/mol. The zero-order valence-electron chi connectivity index (χ0n) is 14.6. The average molecular weight is 340 g/mol. The summed E-state index contributed by atoms with van der Waals surface area (Å²) in [5.74, 6) is 0.892. The standard InChI is InChI=1S/C18H24N6O/c1-12-7-3-4-9-14(12)18(25)23-22-16-15(19)17(21-11-20-16)24-10-6-5-8-13(24)2/h3-4,7,9,11,13H,5-6,8,10,19H2,1-2H3,(H,23,25)(H,20,21,22). The van der Waals surface area contributed by atoms with Gasteiger partial charge in [-0.3, -0.25) is 15.6 Å². The van der Waals surface area contributed by atoms with Crippen LogP contribution in [0.5, 0.6) is 0 Å². The first-order valence-corrected chi connectivity index (χ1v) is 8.57. The van der Waals surface area contributed by atoms with Gasteiger partial charge in [-0.2, -0.15) is 0 Å². The van der Waals surface area contributed by atoms with Crippen LogP contribution in [-0.2, 0) is 0 Å². The van der Waals surface area contributed by atoms with Crippen LogP contribution in [0.25, 0.3) is 0 Å². The van der Waals surface area contributed by atoms with Crippen LogP contribution in [0.15, 0.2) is 30.6 Å². The van der Waals surface area contributed by atoms with Crippen molar-refractivity contribution >= 4 is 23.2 Å². The van der Waals surface area contributed by atoms with Crippen molar-refractivity contribution in [2.75, 3.05) is 22.6 Å². The van der Waals surface area contributed by atoms with Gasteiger partial charge in [-0.1, -0.05) is 18.2 Å². The molecular formula is C18H24N6O. The third-order valence-electron chi connectivity index (χ3n) is 4.62. The number of nitrogen functional groups attached to an aromatic ring is 1. The van der Waals surface area contributed by atoms with E-state index in [-0.39, 0.29) is 5.91 Å². The number of nitrogens with two attached hydrogens (primary N) is 1. The molecule has 3 rings (SSSR count). The molecule has 2 heterocycles. The molecule has 1 aromatic heterocycles. The van der Waals surface area contributed by atoms with E-state index in [9.17, 15) is 4.79 Å². The van der Waals surface area contributed by atoms with Gasteiger partial charge in [0.1, 0.15) is 12.0 Å². The van der Waals surface area contributed by atoms with Gasteiger partial charge >= 0.3 is 0 Å². The van der Waals surface area contributed by atoms with Crippen LogP contribution in [0.3, 0.4) is 0 Å². The summed E-state index contributed by atoms with van der Waals surface area (Å²) in [6.45, 7) is 5.00. The number of hydrogen-bond donors (Lipinski definition) is 3. The molecule has 0 radical (unpaired) electrons.